The van der Waals surface area contributed by atoms with E-state index in [1.54, 1.807) is 0 Å². The first-order valence-electron chi connectivity index (χ1n) is 6.33. The Hall–Kier alpha value is -0.860. The molecule has 1 aromatic carbocycles. The van der Waals surface area contributed by atoms with E-state index in [1.165, 1.54) is 30.4 Å². The molecule has 1 aromatic rings. The van der Waals surface area contributed by atoms with E-state index in [1.807, 2.05) is 0 Å². The lowest BCUT2D eigenvalue weighted by Crippen LogP contribution is -2.26. The molecule has 1 aliphatic heterocycles. The maximum atomic E-state index is 8.78. The van der Waals surface area contributed by atoms with Crippen LogP contribution in [-0.4, -0.2) is 18.3 Å². The molecule has 16 heavy (non-hydrogen) atoms. The van der Waals surface area contributed by atoms with E-state index >= 15 is 0 Å². The van der Waals surface area contributed by atoms with Gasteiger partial charge in [0.2, 0.25) is 0 Å². The van der Waals surface area contributed by atoms with E-state index in [2.05, 4.69) is 29.6 Å². The van der Waals surface area contributed by atoms with Crippen molar-refractivity contribution in [2.75, 3.05) is 13.2 Å². The third-order valence-electron chi connectivity index (χ3n) is 3.32. The summed E-state index contributed by atoms with van der Waals surface area (Å²) in [7, 11) is 0. The van der Waals surface area contributed by atoms with Crippen molar-refractivity contribution in [2.45, 2.75) is 38.1 Å². The molecule has 2 nitrogen and oxygen atoms in total. The fraction of sp³-hybridized carbons (Fsp3) is 0.571. The maximum Gasteiger partial charge on any atom is 0.0434 e. The molecule has 1 saturated heterocycles. The summed E-state index contributed by atoms with van der Waals surface area (Å²) >= 11 is 0. The van der Waals surface area contributed by atoms with Crippen molar-refractivity contribution in [3.05, 3.63) is 35.4 Å². The highest BCUT2D eigenvalue weighted by Gasteiger charge is 2.13. The monoisotopic (exact) mass is 219 g/mol. The van der Waals surface area contributed by atoms with Gasteiger partial charge in [-0.3, -0.25) is 0 Å². The minimum absolute atomic E-state index is 0.284. The Morgan fingerprint density at radius 3 is 2.62 bits per heavy atom. The fourth-order valence-corrected chi connectivity index (χ4v) is 2.34. The smallest absolute Gasteiger partial charge is 0.0434 e. The molecule has 0 spiro atoms. The first kappa shape index (κ1) is 11.6. The third-order valence-corrected chi connectivity index (χ3v) is 3.32. The van der Waals surface area contributed by atoms with Crippen LogP contribution in [0.4, 0.5) is 0 Å². The molecular weight excluding hydrogens is 198 g/mol. The summed E-state index contributed by atoms with van der Waals surface area (Å²) in [4.78, 5) is 0. The number of hydrogen-bond donors (Lipinski definition) is 2. The molecule has 0 amide bonds. The van der Waals surface area contributed by atoms with Crippen LogP contribution < -0.4 is 5.32 Å². The number of rotatable bonds is 4. The normalized spacial score (nSPS) is 20.9. The lowest BCUT2D eigenvalue weighted by molar-refractivity contribution is 0.288. The van der Waals surface area contributed by atoms with Crippen LogP contribution in [0.3, 0.4) is 0 Å². The second kappa shape index (κ2) is 6.02. The van der Waals surface area contributed by atoms with Crippen LogP contribution >= 0.6 is 0 Å². The van der Waals surface area contributed by atoms with Crippen molar-refractivity contribution < 1.29 is 5.11 Å². The number of aryl methyl sites for hydroxylation is 1. The van der Waals surface area contributed by atoms with Crippen LogP contribution in [0, 0.1) is 0 Å². The summed E-state index contributed by atoms with van der Waals surface area (Å²) in [5.41, 5.74) is 2.74. The van der Waals surface area contributed by atoms with Crippen molar-refractivity contribution in [3.8, 4) is 0 Å². The Balaban J connectivity index is 1.95. The molecule has 0 radical (unpaired) electrons. The Kier molecular flexibility index (Phi) is 4.37. The summed E-state index contributed by atoms with van der Waals surface area (Å²) < 4.78 is 0. The molecule has 2 heteroatoms. The molecule has 0 aromatic heterocycles. The van der Waals surface area contributed by atoms with E-state index in [0.717, 1.165) is 19.4 Å². The van der Waals surface area contributed by atoms with Crippen LogP contribution in [0.2, 0.25) is 0 Å². The van der Waals surface area contributed by atoms with Crippen molar-refractivity contribution in [2.24, 2.45) is 0 Å². The van der Waals surface area contributed by atoms with Gasteiger partial charge in [-0.2, -0.15) is 0 Å². The maximum absolute atomic E-state index is 8.78. The average molecular weight is 219 g/mol. The lowest BCUT2D eigenvalue weighted by atomic mass is 9.96. The predicted octanol–water partition coefficient (Wildman–Crippen LogP) is 2.43. The van der Waals surface area contributed by atoms with Crippen LogP contribution in [0.25, 0.3) is 0 Å². The van der Waals surface area contributed by atoms with E-state index in [0.29, 0.717) is 6.04 Å². The molecule has 1 heterocycles. The Morgan fingerprint density at radius 1 is 1.19 bits per heavy atom. The van der Waals surface area contributed by atoms with Crippen LogP contribution in [0.15, 0.2) is 24.3 Å². The minimum Gasteiger partial charge on any atom is -0.396 e. The summed E-state index contributed by atoms with van der Waals surface area (Å²) in [5, 5.41) is 12.3. The average Bonchev–Trinajstić information content (AvgIpc) is 2.38. The fourth-order valence-electron chi connectivity index (χ4n) is 2.34. The van der Waals surface area contributed by atoms with Gasteiger partial charge in [-0.05, 0) is 43.4 Å². The summed E-state index contributed by atoms with van der Waals surface area (Å²) in [5.74, 6) is 0. The van der Waals surface area contributed by atoms with Crippen LogP contribution in [0.5, 0.6) is 0 Å². The van der Waals surface area contributed by atoms with Crippen molar-refractivity contribution in [1.82, 2.24) is 5.32 Å². The first-order valence-corrected chi connectivity index (χ1v) is 6.33. The summed E-state index contributed by atoms with van der Waals surface area (Å²) in [6, 6.07) is 9.41. The number of aliphatic hydroxyl groups is 1. The molecule has 0 saturated carbocycles. The topological polar surface area (TPSA) is 32.3 Å². The van der Waals surface area contributed by atoms with Gasteiger partial charge >= 0.3 is 0 Å². The SMILES string of the molecule is OCCCc1ccc(C2CCCCN2)cc1. The highest BCUT2D eigenvalue weighted by Crippen LogP contribution is 2.23. The number of nitrogens with one attached hydrogen (secondary N) is 1. The quantitative estimate of drug-likeness (QED) is 0.815. The van der Waals surface area contributed by atoms with Crippen molar-refractivity contribution >= 4 is 0 Å². The lowest BCUT2D eigenvalue weighted by Gasteiger charge is -2.23. The molecule has 1 fully saturated rings. The standard InChI is InChI=1S/C14H21NO/c16-11-3-4-12-6-8-13(9-7-12)14-5-1-2-10-15-14/h6-9,14-16H,1-5,10-11H2. The first-order chi connectivity index (χ1) is 7.90. The van der Waals surface area contributed by atoms with Gasteiger partial charge in [0, 0.05) is 12.6 Å². The van der Waals surface area contributed by atoms with Gasteiger partial charge in [0.1, 0.15) is 0 Å². The van der Waals surface area contributed by atoms with Gasteiger partial charge < -0.3 is 10.4 Å². The van der Waals surface area contributed by atoms with Gasteiger partial charge in [0.25, 0.3) is 0 Å². The Bertz CT molecular complexity index is 301. The van der Waals surface area contributed by atoms with E-state index < -0.39 is 0 Å². The van der Waals surface area contributed by atoms with Gasteiger partial charge in [-0.25, -0.2) is 0 Å². The second-order valence-electron chi connectivity index (χ2n) is 4.57. The molecule has 0 bridgehead atoms. The number of aliphatic hydroxyl groups excluding tert-OH is 1. The molecule has 1 unspecified atom stereocenters. The zero-order valence-corrected chi connectivity index (χ0v) is 9.78. The molecule has 2 rings (SSSR count). The number of hydrogen-bond acceptors (Lipinski definition) is 2. The predicted molar refractivity (Wildman–Crippen MR) is 66.4 cm³/mol. The Morgan fingerprint density at radius 2 is 2.00 bits per heavy atom. The highest BCUT2D eigenvalue weighted by molar-refractivity contribution is 5.25. The number of piperidine rings is 1. The third kappa shape index (κ3) is 3.06. The second-order valence-corrected chi connectivity index (χ2v) is 4.57. The van der Waals surface area contributed by atoms with Crippen molar-refractivity contribution in [1.29, 1.82) is 0 Å². The van der Waals surface area contributed by atoms with E-state index in [4.69, 9.17) is 5.11 Å². The molecule has 2 N–H and O–H groups in total. The zero-order valence-electron chi connectivity index (χ0n) is 9.78. The van der Waals surface area contributed by atoms with Gasteiger partial charge in [0.15, 0.2) is 0 Å². The minimum atomic E-state index is 0.284. The molecule has 0 aliphatic carbocycles. The molecule has 1 aliphatic rings. The summed E-state index contributed by atoms with van der Waals surface area (Å²) in [6.45, 7) is 1.43. The van der Waals surface area contributed by atoms with Gasteiger partial charge in [-0.1, -0.05) is 30.7 Å². The molecular formula is C14H21NO. The van der Waals surface area contributed by atoms with Crippen LogP contribution in [-0.2, 0) is 6.42 Å². The highest BCUT2D eigenvalue weighted by atomic mass is 16.2. The van der Waals surface area contributed by atoms with Gasteiger partial charge in [-0.15, -0.1) is 0 Å². The molecule has 88 valence electrons. The summed E-state index contributed by atoms with van der Waals surface area (Å²) in [6.07, 6.45) is 5.75. The number of benzene rings is 1. The Labute approximate surface area is 97.7 Å². The van der Waals surface area contributed by atoms with E-state index in [-0.39, 0.29) is 6.61 Å². The van der Waals surface area contributed by atoms with E-state index in [9.17, 15) is 0 Å². The zero-order chi connectivity index (χ0) is 11.2. The largest absolute Gasteiger partial charge is 0.396 e. The van der Waals surface area contributed by atoms with Crippen molar-refractivity contribution in [3.63, 3.8) is 0 Å². The molecule has 1 atom stereocenters. The van der Waals surface area contributed by atoms with Crippen LogP contribution in [0.1, 0.15) is 42.9 Å². The van der Waals surface area contributed by atoms with Gasteiger partial charge in [0.05, 0.1) is 0 Å².